The third-order valence-electron chi connectivity index (χ3n) is 5.78. The van der Waals surface area contributed by atoms with Crippen LogP contribution in [0.4, 0.5) is 13.2 Å². The number of alkyl halides is 3. The molecule has 0 bridgehead atoms. The Morgan fingerprint density at radius 3 is 2.45 bits per heavy atom. The molecule has 1 fully saturated rings. The van der Waals surface area contributed by atoms with Crippen molar-refractivity contribution >= 4 is 17.5 Å². The van der Waals surface area contributed by atoms with Crippen molar-refractivity contribution in [2.75, 3.05) is 20.2 Å². The summed E-state index contributed by atoms with van der Waals surface area (Å²) < 4.78 is 49.1. The van der Waals surface area contributed by atoms with Crippen LogP contribution in [0.1, 0.15) is 34.6 Å². The Morgan fingerprint density at radius 2 is 1.85 bits per heavy atom. The van der Waals surface area contributed by atoms with Crippen molar-refractivity contribution in [2.24, 2.45) is 0 Å². The summed E-state index contributed by atoms with van der Waals surface area (Å²) in [7, 11) is 1.60. The lowest BCUT2D eigenvalue weighted by Gasteiger charge is -2.23. The van der Waals surface area contributed by atoms with E-state index in [9.17, 15) is 18.0 Å². The molecule has 1 aliphatic rings. The van der Waals surface area contributed by atoms with Crippen molar-refractivity contribution in [3.8, 4) is 11.1 Å². The SMILES string of the molecule is CN(CC1CCCO1)C(=O)c1c(-c2ccc(Cl)cc2)cc(C(F)(F)F)n1Cc1ccccc1. The van der Waals surface area contributed by atoms with Gasteiger partial charge in [0.2, 0.25) is 0 Å². The highest BCUT2D eigenvalue weighted by atomic mass is 35.5. The van der Waals surface area contributed by atoms with E-state index in [1.54, 1.807) is 61.6 Å². The van der Waals surface area contributed by atoms with Gasteiger partial charge in [0.15, 0.2) is 0 Å². The number of ether oxygens (including phenoxy) is 1. The van der Waals surface area contributed by atoms with Crippen molar-refractivity contribution in [2.45, 2.75) is 31.7 Å². The Hall–Kier alpha value is -2.77. The molecule has 1 atom stereocenters. The summed E-state index contributed by atoms with van der Waals surface area (Å²) in [5, 5.41) is 0.460. The summed E-state index contributed by atoms with van der Waals surface area (Å²) in [6.07, 6.45) is -3.02. The maximum absolute atomic E-state index is 14.1. The third-order valence-corrected chi connectivity index (χ3v) is 6.03. The third kappa shape index (κ3) is 5.25. The Bertz CT molecular complexity index is 1110. The fourth-order valence-corrected chi connectivity index (χ4v) is 4.28. The molecule has 0 spiro atoms. The summed E-state index contributed by atoms with van der Waals surface area (Å²) in [4.78, 5) is 15.1. The van der Waals surface area contributed by atoms with Crippen LogP contribution in [0.15, 0.2) is 60.7 Å². The zero-order valence-corrected chi connectivity index (χ0v) is 18.9. The summed E-state index contributed by atoms with van der Waals surface area (Å²) in [5.74, 6) is -0.484. The largest absolute Gasteiger partial charge is 0.431 e. The van der Waals surface area contributed by atoms with Crippen molar-refractivity contribution < 1.29 is 22.7 Å². The van der Waals surface area contributed by atoms with Gasteiger partial charge < -0.3 is 14.2 Å². The number of hydrogen-bond donors (Lipinski definition) is 0. The molecular formula is C25H24ClF3N2O2. The predicted molar refractivity (Wildman–Crippen MR) is 121 cm³/mol. The lowest BCUT2D eigenvalue weighted by molar-refractivity contribution is -0.143. The molecule has 3 aromatic rings. The Balaban J connectivity index is 1.84. The zero-order chi connectivity index (χ0) is 23.6. The van der Waals surface area contributed by atoms with E-state index in [0.29, 0.717) is 29.3 Å². The lowest BCUT2D eigenvalue weighted by atomic mass is 10.0. The van der Waals surface area contributed by atoms with E-state index in [-0.39, 0.29) is 23.9 Å². The van der Waals surface area contributed by atoms with Crippen LogP contribution < -0.4 is 0 Å². The number of nitrogens with zero attached hydrogens (tertiary/aromatic N) is 2. The predicted octanol–water partition coefficient (Wildman–Crippen LogP) is 6.13. The standard InChI is InChI=1S/C25H24ClF3N2O2/c1-30(16-20-8-5-13-33-20)24(32)23-21(18-9-11-19(26)12-10-18)14-22(25(27,28)29)31(23)15-17-6-3-2-4-7-17/h2-4,6-7,9-12,14,20H,5,8,13,15-16H2,1H3. The minimum atomic E-state index is -4.64. The molecule has 2 heterocycles. The van der Waals surface area contributed by atoms with Gasteiger partial charge >= 0.3 is 6.18 Å². The van der Waals surface area contributed by atoms with Crippen LogP contribution in [0.5, 0.6) is 0 Å². The Labute approximate surface area is 195 Å². The first-order valence-electron chi connectivity index (χ1n) is 10.7. The molecule has 174 valence electrons. The van der Waals surface area contributed by atoms with Crippen LogP contribution in [0.3, 0.4) is 0 Å². The average Bonchev–Trinajstić information content (AvgIpc) is 3.42. The molecule has 4 nitrogen and oxygen atoms in total. The highest BCUT2D eigenvalue weighted by Crippen LogP contribution is 2.38. The molecule has 1 unspecified atom stereocenters. The summed E-state index contributed by atoms with van der Waals surface area (Å²) in [5.41, 5.74) is 0.501. The highest BCUT2D eigenvalue weighted by molar-refractivity contribution is 6.30. The second-order valence-electron chi connectivity index (χ2n) is 8.19. The Kier molecular flexibility index (Phi) is 6.81. The van der Waals surface area contributed by atoms with Crippen LogP contribution in [0, 0.1) is 0 Å². The first-order chi connectivity index (χ1) is 15.7. The number of carbonyl (C=O) groups excluding carboxylic acids is 1. The van der Waals surface area contributed by atoms with Gasteiger partial charge in [-0.05, 0) is 42.2 Å². The normalized spacial score (nSPS) is 16.2. The van der Waals surface area contributed by atoms with Crippen LogP contribution in [-0.2, 0) is 17.5 Å². The van der Waals surface area contributed by atoms with Crippen LogP contribution >= 0.6 is 11.6 Å². The maximum atomic E-state index is 14.1. The van der Waals surface area contributed by atoms with Gasteiger partial charge in [0.05, 0.1) is 6.10 Å². The molecule has 2 aromatic carbocycles. The minimum Gasteiger partial charge on any atom is -0.376 e. The van der Waals surface area contributed by atoms with Crippen molar-refractivity contribution in [3.63, 3.8) is 0 Å². The molecule has 4 rings (SSSR count). The maximum Gasteiger partial charge on any atom is 0.431 e. The topological polar surface area (TPSA) is 34.5 Å². The van der Waals surface area contributed by atoms with E-state index in [0.717, 1.165) is 23.5 Å². The van der Waals surface area contributed by atoms with Gasteiger partial charge in [0.25, 0.3) is 5.91 Å². The quantitative estimate of drug-likeness (QED) is 0.429. The van der Waals surface area contributed by atoms with E-state index in [4.69, 9.17) is 16.3 Å². The fraction of sp³-hybridized carbons (Fsp3) is 0.320. The number of amides is 1. The molecular weight excluding hydrogens is 453 g/mol. The molecule has 0 aliphatic carbocycles. The van der Waals surface area contributed by atoms with Gasteiger partial charge in [-0.1, -0.05) is 54.1 Å². The number of rotatable bonds is 6. The first kappa shape index (κ1) is 23.4. The van der Waals surface area contributed by atoms with Crippen LogP contribution in [0.25, 0.3) is 11.1 Å². The smallest absolute Gasteiger partial charge is 0.376 e. The first-order valence-corrected chi connectivity index (χ1v) is 11.1. The number of halogens is 4. The highest BCUT2D eigenvalue weighted by Gasteiger charge is 2.39. The summed E-state index contributed by atoms with van der Waals surface area (Å²) >= 11 is 5.99. The van der Waals surface area contributed by atoms with Gasteiger partial charge in [-0.25, -0.2) is 0 Å². The van der Waals surface area contributed by atoms with Gasteiger partial charge in [-0.3, -0.25) is 4.79 Å². The molecule has 33 heavy (non-hydrogen) atoms. The second kappa shape index (κ2) is 9.61. The summed E-state index contributed by atoms with van der Waals surface area (Å²) in [6, 6.07) is 16.3. The molecule has 1 aromatic heterocycles. The number of benzene rings is 2. The minimum absolute atomic E-state index is 0.00556. The molecule has 8 heteroatoms. The van der Waals surface area contributed by atoms with Crippen molar-refractivity contribution in [3.05, 3.63) is 82.6 Å². The monoisotopic (exact) mass is 476 g/mol. The van der Waals surface area contributed by atoms with E-state index < -0.39 is 17.8 Å². The fourth-order valence-electron chi connectivity index (χ4n) is 4.15. The molecule has 0 N–H and O–H groups in total. The zero-order valence-electron chi connectivity index (χ0n) is 18.1. The van der Waals surface area contributed by atoms with E-state index in [1.807, 2.05) is 0 Å². The van der Waals surface area contributed by atoms with Crippen LogP contribution in [-0.4, -0.2) is 41.7 Å². The lowest BCUT2D eigenvalue weighted by Crippen LogP contribution is -2.36. The van der Waals surface area contributed by atoms with Gasteiger partial charge in [-0.2, -0.15) is 13.2 Å². The van der Waals surface area contributed by atoms with Crippen molar-refractivity contribution in [1.82, 2.24) is 9.47 Å². The van der Waals surface area contributed by atoms with Gasteiger partial charge in [0, 0.05) is 37.3 Å². The van der Waals surface area contributed by atoms with Crippen LogP contribution in [0.2, 0.25) is 5.02 Å². The molecule has 1 aliphatic heterocycles. The van der Waals surface area contributed by atoms with E-state index >= 15 is 0 Å². The number of hydrogen-bond acceptors (Lipinski definition) is 2. The molecule has 0 radical (unpaired) electrons. The number of likely N-dealkylation sites (N-methyl/N-ethyl adjacent to an activating group) is 1. The average molecular weight is 477 g/mol. The summed E-state index contributed by atoms with van der Waals surface area (Å²) in [6.45, 7) is 0.861. The molecule has 0 saturated carbocycles. The van der Waals surface area contributed by atoms with E-state index in [2.05, 4.69) is 0 Å². The van der Waals surface area contributed by atoms with Crippen molar-refractivity contribution in [1.29, 1.82) is 0 Å². The van der Waals surface area contributed by atoms with Gasteiger partial charge in [-0.15, -0.1) is 0 Å². The number of aromatic nitrogens is 1. The van der Waals surface area contributed by atoms with Gasteiger partial charge in [0.1, 0.15) is 11.4 Å². The van der Waals surface area contributed by atoms with E-state index in [1.165, 1.54) is 4.90 Å². The Morgan fingerprint density at radius 1 is 1.15 bits per heavy atom. The molecule has 1 saturated heterocycles. The number of carbonyl (C=O) groups is 1. The second-order valence-corrected chi connectivity index (χ2v) is 8.63. The molecule has 1 amide bonds.